The lowest BCUT2D eigenvalue weighted by molar-refractivity contribution is -0.130. The summed E-state index contributed by atoms with van der Waals surface area (Å²) in [6, 6.07) is 2.17. The van der Waals surface area contributed by atoms with Crippen molar-refractivity contribution in [3.8, 4) is 0 Å². The Hall–Kier alpha value is -2.90. The standard InChI is InChI=1S/C16H19N7O/c1-22(14(24)6-11-7-17-9-19-11)12-3-5-23(8-12)16-13-2-4-18-15(13)20-10-21-16/h2,4,7,9-10,12H,3,5-6,8H2,1H3,(H,17,19)(H,18,20,21)/t12-/m1/s1. The quantitative estimate of drug-likeness (QED) is 0.745. The van der Waals surface area contributed by atoms with Crippen LogP contribution in [0.4, 0.5) is 5.82 Å². The zero-order chi connectivity index (χ0) is 16.5. The number of nitrogens with one attached hydrogen (secondary N) is 2. The van der Waals surface area contributed by atoms with Crippen LogP contribution in [0.2, 0.25) is 0 Å². The number of imidazole rings is 1. The Bertz CT molecular complexity index is 841. The van der Waals surface area contributed by atoms with Gasteiger partial charge in [-0.05, 0) is 12.5 Å². The summed E-state index contributed by atoms with van der Waals surface area (Å²) in [5, 5.41) is 1.02. The van der Waals surface area contributed by atoms with E-state index in [-0.39, 0.29) is 11.9 Å². The van der Waals surface area contributed by atoms with E-state index in [4.69, 9.17) is 0 Å². The van der Waals surface area contributed by atoms with Gasteiger partial charge in [0.2, 0.25) is 5.91 Å². The van der Waals surface area contributed by atoms with Crippen molar-refractivity contribution in [2.75, 3.05) is 25.0 Å². The van der Waals surface area contributed by atoms with Crippen molar-refractivity contribution < 1.29 is 4.79 Å². The second-order valence-electron chi connectivity index (χ2n) is 6.07. The predicted molar refractivity (Wildman–Crippen MR) is 89.6 cm³/mol. The molecule has 8 nitrogen and oxygen atoms in total. The molecule has 0 radical (unpaired) electrons. The van der Waals surface area contributed by atoms with Crippen LogP contribution in [0, 0.1) is 0 Å². The number of fused-ring (bicyclic) bond motifs is 1. The Kier molecular flexibility index (Phi) is 3.64. The molecule has 4 rings (SSSR count). The third kappa shape index (κ3) is 2.60. The van der Waals surface area contributed by atoms with Gasteiger partial charge >= 0.3 is 0 Å². The topological polar surface area (TPSA) is 93.8 Å². The molecule has 24 heavy (non-hydrogen) atoms. The third-order valence-corrected chi connectivity index (χ3v) is 4.62. The maximum Gasteiger partial charge on any atom is 0.228 e. The van der Waals surface area contributed by atoms with Crippen molar-refractivity contribution in [1.29, 1.82) is 0 Å². The Balaban J connectivity index is 1.46. The van der Waals surface area contributed by atoms with Crippen LogP contribution in [0.25, 0.3) is 11.0 Å². The smallest absolute Gasteiger partial charge is 0.228 e. The number of carbonyl (C=O) groups excluding carboxylic acids is 1. The fourth-order valence-electron chi connectivity index (χ4n) is 3.23. The molecule has 1 fully saturated rings. The van der Waals surface area contributed by atoms with E-state index in [1.165, 1.54) is 0 Å². The van der Waals surface area contributed by atoms with E-state index < -0.39 is 0 Å². The summed E-state index contributed by atoms with van der Waals surface area (Å²) in [5.74, 6) is 1.01. The van der Waals surface area contributed by atoms with Crippen LogP contribution in [0.3, 0.4) is 0 Å². The monoisotopic (exact) mass is 325 g/mol. The van der Waals surface area contributed by atoms with Gasteiger partial charge in [-0.1, -0.05) is 0 Å². The molecular weight excluding hydrogens is 306 g/mol. The van der Waals surface area contributed by atoms with Crippen molar-refractivity contribution in [2.45, 2.75) is 18.9 Å². The Morgan fingerprint density at radius 2 is 2.33 bits per heavy atom. The zero-order valence-corrected chi connectivity index (χ0v) is 13.4. The number of rotatable bonds is 4. The summed E-state index contributed by atoms with van der Waals surface area (Å²) >= 11 is 0. The highest BCUT2D eigenvalue weighted by molar-refractivity contribution is 5.87. The molecule has 1 saturated heterocycles. The van der Waals surface area contributed by atoms with Crippen LogP contribution in [-0.4, -0.2) is 61.9 Å². The number of aromatic nitrogens is 5. The molecule has 0 aliphatic carbocycles. The van der Waals surface area contributed by atoms with Gasteiger partial charge in [0.1, 0.15) is 17.8 Å². The fraction of sp³-hybridized carbons (Fsp3) is 0.375. The second kappa shape index (κ2) is 5.95. The zero-order valence-electron chi connectivity index (χ0n) is 13.4. The first kappa shape index (κ1) is 14.7. The molecule has 1 amide bonds. The molecule has 1 atom stereocenters. The molecular formula is C16H19N7O. The van der Waals surface area contributed by atoms with Gasteiger partial charge in [0, 0.05) is 32.5 Å². The summed E-state index contributed by atoms with van der Waals surface area (Å²) in [5.41, 5.74) is 1.61. The highest BCUT2D eigenvalue weighted by atomic mass is 16.2. The lowest BCUT2D eigenvalue weighted by atomic mass is 10.2. The Morgan fingerprint density at radius 3 is 3.17 bits per heavy atom. The normalized spacial score (nSPS) is 17.5. The van der Waals surface area contributed by atoms with Gasteiger partial charge in [-0.2, -0.15) is 0 Å². The van der Waals surface area contributed by atoms with Gasteiger partial charge in [0.25, 0.3) is 0 Å². The molecule has 0 spiro atoms. The molecule has 3 aromatic rings. The van der Waals surface area contributed by atoms with Crippen molar-refractivity contribution in [1.82, 2.24) is 29.8 Å². The first-order chi connectivity index (χ1) is 11.7. The summed E-state index contributed by atoms with van der Waals surface area (Å²) in [7, 11) is 1.87. The fourth-order valence-corrected chi connectivity index (χ4v) is 3.23. The van der Waals surface area contributed by atoms with Crippen LogP contribution < -0.4 is 4.90 Å². The van der Waals surface area contributed by atoms with E-state index in [9.17, 15) is 4.79 Å². The number of amides is 1. The van der Waals surface area contributed by atoms with Crippen molar-refractivity contribution in [3.05, 3.63) is 36.8 Å². The van der Waals surface area contributed by atoms with Crippen molar-refractivity contribution in [3.63, 3.8) is 0 Å². The van der Waals surface area contributed by atoms with Crippen LogP contribution in [-0.2, 0) is 11.2 Å². The van der Waals surface area contributed by atoms with Crippen LogP contribution >= 0.6 is 0 Å². The Labute approximate surface area is 138 Å². The number of H-pyrrole nitrogens is 2. The predicted octanol–water partition coefficient (Wildman–Crippen LogP) is 0.961. The molecule has 3 aromatic heterocycles. The number of nitrogens with zero attached hydrogens (tertiary/aromatic N) is 5. The lowest BCUT2D eigenvalue weighted by Crippen LogP contribution is -2.40. The first-order valence-corrected chi connectivity index (χ1v) is 7.98. The highest BCUT2D eigenvalue weighted by Crippen LogP contribution is 2.26. The van der Waals surface area contributed by atoms with Gasteiger partial charge < -0.3 is 19.8 Å². The number of hydrogen-bond acceptors (Lipinski definition) is 5. The van der Waals surface area contributed by atoms with E-state index in [1.807, 2.05) is 24.2 Å². The molecule has 124 valence electrons. The summed E-state index contributed by atoms with van der Waals surface area (Å²) in [4.78, 5) is 35.3. The van der Waals surface area contributed by atoms with E-state index >= 15 is 0 Å². The van der Waals surface area contributed by atoms with E-state index in [0.717, 1.165) is 42.1 Å². The minimum absolute atomic E-state index is 0.0865. The van der Waals surface area contributed by atoms with Crippen molar-refractivity contribution >= 4 is 22.8 Å². The van der Waals surface area contributed by atoms with E-state index in [2.05, 4.69) is 29.8 Å². The van der Waals surface area contributed by atoms with Crippen LogP contribution in [0.5, 0.6) is 0 Å². The van der Waals surface area contributed by atoms with Gasteiger partial charge in [-0.3, -0.25) is 4.79 Å². The summed E-state index contributed by atoms with van der Waals surface area (Å²) < 4.78 is 0. The second-order valence-corrected chi connectivity index (χ2v) is 6.07. The maximum atomic E-state index is 12.4. The third-order valence-electron chi connectivity index (χ3n) is 4.62. The van der Waals surface area contributed by atoms with Gasteiger partial charge in [0.05, 0.1) is 29.9 Å². The minimum atomic E-state index is 0.0865. The summed E-state index contributed by atoms with van der Waals surface area (Å²) in [6.07, 6.45) is 8.06. The number of anilines is 1. The van der Waals surface area contributed by atoms with E-state index in [0.29, 0.717) is 6.42 Å². The SMILES string of the molecule is CN(C(=O)Cc1c[nH]cn1)[C@@H]1CCN(c2ncnc3[nH]ccc23)C1. The molecule has 4 heterocycles. The highest BCUT2D eigenvalue weighted by Gasteiger charge is 2.30. The number of hydrogen-bond donors (Lipinski definition) is 2. The largest absolute Gasteiger partial charge is 0.354 e. The van der Waals surface area contributed by atoms with Gasteiger partial charge in [-0.25, -0.2) is 15.0 Å². The molecule has 0 bridgehead atoms. The van der Waals surface area contributed by atoms with E-state index in [1.54, 1.807) is 18.9 Å². The first-order valence-electron chi connectivity index (χ1n) is 7.98. The molecule has 1 aliphatic heterocycles. The molecule has 0 unspecified atom stereocenters. The molecule has 1 aliphatic rings. The average molecular weight is 325 g/mol. The lowest BCUT2D eigenvalue weighted by Gasteiger charge is -2.25. The Morgan fingerprint density at radius 1 is 1.42 bits per heavy atom. The number of carbonyl (C=O) groups is 1. The van der Waals surface area contributed by atoms with Crippen LogP contribution in [0.1, 0.15) is 12.1 Å². The van der Waals surface area contributed by atoms with Crippen LogP contribution in [0.15, 0.2) is 31.1 Å². The van der Waals surface area contributed by atoms with Crippen molar-refractivity contribution in [2.24, 2.45) is 0 Å². The maximum absolute atomic E-state index is 12.4. The van der Waals surface area contributed by atoms with Gasteiger partial charge in [-0.15, -0.1) is 0 Å². The molecule has 0 saturated carbocycles. The van der Waals surface area contributed by atoms with Gasteiger partial charge in [0.15, 0.2) is 0 Å². The molecule has 8 heteroatoms. The summed E-state index contributed by atoms with van der Waals surface area (Å²) in [6.45, 7) is 1.65. The molecule has 0 aromatic carbocycles. The number of likely N-dealkylation sites (N-methyl/N-ethyl adjacent to an activating group) is 1. The average Bonchev–Trinajstić information content (AvgIpc) is 3.34. The number of aromatic amines is 2. The molecule has 2 N–H and O–H groups in total. The minimum Gasteiger partial charge on any atom is -0.354 e.